The Morgan fingerprint density at radius 1 is 1.31 bits per heavy atom. The Hall–Kier alpha value is -0.120. The summed E-state index contributed by atoms with van der Waals surface area (Å²) in [6, 6.07) is 0.631. The van der Waals surface area contributed by atoms with Crippen LogP contribution in [0.3, 0.4) is 0 Å². The van der Waals surface area contributed by atoms with Crippen molar-refractivity contribution in [1.82, 2.24) is 4.90 Å². The number of likely N-dealkylation sites (tertiary alicyclic amines) is 1. The first-order valence-corrected chi connectivity index (χ1v) is 6.41. The van der Waals surface area contributed by atoms with Gasteiger partial charge in [-0.3, -0.25) is 4.90 Å². The first-order chi connectivity index (χ1) is 7.42. The third-order valence-corrected chi connectivity index (χ3v) is 3.28. The van der Waals surface area contributed by atoms with Gasteiger partial charge in [-0.05, 0) is 46.5 Å². The second-order valence-electron chi connectivity index (χ2n) is 5.93. The van der Waals surface area contributed by atoms with Gasteiger partial charge in [-0.2, -0.15) is 0 Å². The maximum Gasteiger partial charge on any atom is 0.0600 e. The van der Waals surface area contributed by atoms with Crippen LogP contribution in [0.1, 0.15) is 40.5 Å². The molecule has 0 radical (unpaired) electrons. The monoisotopic (exact) mass is 229 g/mol. The van der Waals surface area contributed by atoms with E-state index in [1.807, 2.05) is 0 Å². The highest BCUT2D eigenvalue weighted by Crippen LogP contribution is 2.21. The molecule has 3 heteroatoms. The van der Waals surface area contributed by atoms with Crippen molar-refractivity contribution in [3.05, 3.63) is 0 Å². The Balaban J connectivity index is 2.28. The van der Waals surface area contributed by atoms with Crippen LogP contribution in [0.5, 0.6) is 0 Å². The van der Waals surface area contributed by atoms with E-state index in [2.05, 4.69) is 32.6 Å². The summed E-state index contributed by atoms with van der Waals surface area (Å²) in [5.74, 6) is 0.464. The van der Waals surface area contributed by atoms with Crippen LogP contribution in [0.2, 0.25) is 0 Å². The van der Waals surface area contributed by atoms with Crippen LogP contribution in [-0.4, -0.2) is 48.0 Å². The molecule has 1 aliphatic heterocycles. The number of hydrogen-bond donors (Lipinski definition) is 1. The lowest BCUT2D eigenvalue weighted by Gasteiger charge is -2.37. The zero-order valence-electron chi connectivity index (χ0n) is 11.2. The summed E-state index contributed by atoms with van der Waals surface area (Å²) < 4.78 is 5.75. The first-order valence-electron chi connectivity index (χ1n) is 6.41. The Morgan fingerprint density at radius 3 is 2.56 bits per heavy atom. The highest BCUT2D eigenvalue weighted by molar-refractivity contribution is 4.78. The highest BCUT2D eigenvalue weighted by atomic mass is 16.5. The molecule has 2 atom stereocenters. The third kappa shape index (κ3) is 4.81. The van der Waals surface area contributed by atoms with Crippen LogP contribution in [0, 0.1) is 5.92 Å². The van der Waals surface area contributed by atoms with Crippen LogP contribution in [0.25, 0.3) is 0 Å². The molecule has 0 saturated carbocycles. The molecule has 0 aromatic rings. The number of aliphatic hydroxyl groups is 1. The molecule has 0 amide bonds. The van der Waals surface area contributed by atoms with Gasteiger partial charge in [0, 0.05) is 25.7 Å². The van der Waals surface area contributed by atoms with E-state index in [1.165, 1.54) is 6.42 Å². The van der Waals surface area contributed by atoms with Crippen molar-refractivity contribution in [3.8, 4) is 0 Å². The van der Waals surface area contributed by atoms with Crippen molar-refractivity contribution in [1.29, 1.82) is 0 Å². The fourth-order valence-corrected chi connectivity index (χ4v) is 2.19. The average molecular weight is 229 g/mol. The molecule has 16 heavy (non-hydrogen) atoms. The van der Waals surface area contributed by atoms with Gasteiger partial charge >= 0.3 is 0 Å². The van der Waals surface area contributed by atoms with Gasteiger partial charge in [-0.1, -0.05) is 0 Å². The van der Waals surface area contributed by atoms with E-state index in [9.17, 15) is 5.11 Å². The van der Waals surface area contributed by atoms with E-state index in [4.69, 9.17) is 4.74 Å². The SMILES string of the molecule is CC1CCC(CO)CN1CCOC(C)(C)C. The third-order valence-electron chi connectivity index (χ3n) is 3.28. The van der Waals surface area contributed by atoms with Crippen molar-refractivity contribution in [2.45, 2.75) is 52.2 Å². The summed E-state index contributed by atoms with van der Waals surface area (Å²) in [6.07, 6.45) is 2.36. The molecule has 3 nitrogen and oxygen atoms in total. The maximum atomic E-state index is 9.19. The standard InChI is InChI=1S/C13H27NO2/c1-11-5-6-12(10-15)9-14(11)7-8-16-13(2,3)4/h11-12,15H,5-10H2,1-4H3. The molecule has 0 spiro atoms. The van der Waals surface area contributed by atoms with Gasteiger partial charge in [0.2, 0.25) is 0 Å². The smallest absolute Gasteiger partial charge is 0.0600 e. The zero-order chi connectivity index (χ0) is 12.2. The summed E-state index contributed by atoms with van der Waals surface area (Å²) in [5.41, 5.74) is -0.0462. The maximum absolute atomic E-state index is 9.19. The minimum absolute atomic E-state index is 0.0462. The van der Waals surface area contributed by atoms with E-state index in [1.54, 1.807) is 0 Å². The first kappa shape index (κ1) is 13.9. The molecule has 1 fully saturated rings. The van der Waals surface area contributed by atoms with Gasteiger partial charge in [0.05, 0.1) is 12.2 Å². The van der Waals surface area contributed by atoms with E-state index >= 15 is 0 Å². The Bertz CT molecular complexity index is 201. The number of rotatable bonds is 4. The Morgan fingerprint density at radius 2 is 2.00 bits per heavy atom. The molecule has 1 aliphatic rings. The van der Waals surface area contributed by atoms with E-state index in [-0.39, 0.29) is 5.60 Å². The molecule has 0 bridgehead atoms. The number of aliphatic hydroxyl groups excluding tert-OH is 1. The lowest BCUT2D eigenvalue weighted by atomic mass is 9.94. The van der Waals surface area contributed by atoms with Crippen molar-refractivity contribution in [2.75, 3.05) is 26.3 Å². The Kier molecular flexibility index (Phi) is 5.22. The second-order valence-corrected chi connectivity index (χ2v) is 5.93. The summed E-state index contributed by atoms with van der Waals surface area (Å²) in [7, 11) is 0. The summed E-state index contributed by atoms with van der Waals surface area (Å²) in [4.78, 5) is 2.44. The van der Waals surface area contributed by atoms with Crippen molar-refractivity contribution < 1.29 is 9.84 Å². The predicted molar refractivity (Wildman–Crippen MR) is 66.5 cm³/mol. The van der Waals surface area contributed by atoms with E-state index in [0.717, 1.165) is 26.1 Å². The van der Waals surface area contributed by atoms with Gasteiger partial charge in [-0.15, -0.1) is 0 Å². The Labute approximate surface area is 99.8 Å². The molecule has 1 heterocycles. The van der Waals surface area contributed by atoms with Crippen LogP contribution < -0.4 is 0 Å². The lowest BCUT2D eigenvalue weighted by Crippen LogP contribution is -2.44. The number of hydrogen-bond acceptors (Lipinski definition) is 3. The van der Waals surface area contributed by atoms with Gasteiger partial charge < -0.3 is 9.84 Å². The van der Waals surface area contributed by atoms with Crippen LogP contribution in [0.15, 0.2) is 0 Å². The highest BCUT2D eigenvalue weighted by Gasteiger charge is 2.24. The lowest BCUT2D eigenvalue weighted by molar-refractivity contribution is -0.0257. The summed E-state index contributed by atoms with van der Waals surface area (Å²) in [6.45, 7) is 11.6. The molecule has 1 rings (SSSR count). The minimum Gasteiger partial charge on any atom is -0.396 e. The average Bonchev–Trinajstić information content (AvgIpc) is 2.19. The summed E-state index contributed by atoms with van der Waals surface area (Å²) >= 11 is 0. The second kappa shape index (κ2) is 5.99. The largest absolute Gasteiger partial charge is 0.396 e. The van der Waals surface area contributed by atoms with E-state index in [0.29, 0.717) is 18.6 Å². The number of piperidine rings is 1. The van der Waals surface area contributed by atoms with Gasteiger partial charge in [0.25, 0.3) is 0 Å². The van der Waals surface area contributed by atoms with Gasteiger partial charge in [0.1, 0.15) is 0 Å². The zero-order valence-corrected chi connectivity index (χ0v) is 11.2. The summed E-state index contributed by atoms with van der Waals surface area (Å²) in [5, 5.41) is 9.19. The molecular formula is C13H27NO2. The molecule has 0 aromatic heterocycles. The molecular weight excluding hydrogens is 202 g/mol. The quantitative estimate of drug-likeness (QED) is 0.799. The minimum atomic E-state index is -0.0462. The molecule has 0 aliphatic carbocycles. The normalized spacial score (nSPS) is 28.3. The van der Waals surface area contributed by atoms with Crippen molar-refractivity contribution >= 4 is 0 Å². The van der Waals surface area contributed by atoms with Crippen molar-refractivity contribution in [2.24, 2.45) is 5.92 Å². The molecule has 2 unspecified atom stereocenters. The van der Waals surface area contributed by atoms with Crippen LogP contribution in [-0.2, 0) is 4.74 Å². The molecule has 1 saturated heterocycles. The fraction of sp³-hybridized carbons (Fsp3) is 1.00. The molecule has 0 aromatic carbocycles. The molecule has 1 N–H and O–H groups in total. The van der Waals surface area contributed by atoms with Gasteiger partial charge in [0.15, 0.2) is 0 Å². The topological polar surface area (TPSA) is 32.7 Å². The molecule has 96 valence electrons. The predicted octanol–water partition coefficient (Wildman–Crippen LogP) is 1.89. The van der Waals surface area contributed by atoms with Gasteiger partial charge in [-0.25, -0.2) is 0 Å². The fourth-order valence-electron chi connectivity index (χ4n) is 2.19. The van der Waals surface area contributed by atoms with Crippen molar-refractivity contribution in [3.63, 3.8) is 0 Å². The number of nitrogens with zero attached hydrogens (tertiary/aromatic N) is 1. The van der Waals surface area contributed by atoms with Crippen LogP contribution >= 0.6 is 0 Å². The van der Waals surface area contributed by atoms with E-state index < -0.39 is 0 Å². The van der Waals surface area contributed by atoms with Crippen LogP contribution in [0.4, 0.5) is 0 Å². The number of ether oxygens (including phenoxy) is 1.